The van der Waals surface area contributed by atoms with Gasteiger partial charge in [0, 0.05) is 28.4 Å². The van der Waals surface area contributed by atoms with Gasteiger partial charge in [-0.2, -0.15) is 0 Å². The van der Waals surface area contributed by atoms with Crippen molar-refractivity contribution in [2.75, 3.05) is 11.7 Å². The summed E-state index contributed by atoms with van der Waals surface area (Å²) in [4.78, 5) is 0. The fourth-order valence-corrected chi connectivity index (χ4v) is 4.80. The van der Waals surface area contributed by atoms with Gasteiger partial charge in [-0.3, -0.25) is 0 Å². The van der Waals surface area contributed by atoms with E-state index in [9.17, 15) is 0 Å². The lowest BCUT2D eigenvalue weighted by Gasteiger charge is -2.30. The highest BCUT2D eigenvalue weighted by Crippen LogP contribution is 2.40. The Balaban J connectivity index is 2.04. The van der Waals surface area contributed by atoms with Crippen molar-refractivity contribution in [1.29, 1.82) is 0 Å². The van der Waals surface area contributed by atoms with E-state index in [1.807, 2.05) is 12.1 Å². The molecule has 0 fully saturated rings. The third kappa shape index (κ3) is 3.32. The van der Waals surface area contributed by atoms with Gasteiger partial charge in [0.2, 0.25) is 0 Å². The highest BCUT2D eigenvalue weighted by Gasteiger charge is 2.19. The molecule has 0 unspecified atom stereocenters. The van der Waals surface area contributed by atoms with Crippen molar-refractivity contribution in [1.82, 2.24) is 0 Å². The molecule has 0 aliphatic carbocycles. The Kier molecular flexibility index (Phi) is 4.77. The van der Waals surface area contributed by atoms with Crippen molar-refractivity contribution in [2.24, 2.45) is 0 Å². The summed E-state index contributed by atoms with van der Waals surface area (Å²) < 4.78 is 2.34. The largest absolute Gasteiger partial charge is 0.346 e. The molecular formula is C19H17ClNP. The van der Waals surface area contributed by atoms with E-state index in [-0.39, 0.29) is 0 Å². The number of rotatable bonds is 4. The number of hydrogen-bond acceptors (Lipinski definition) is 1. The summed E-state index contributed by atoms with van der Waals surface area (Å²) in [6, 6.07) is 29.3. The molecule has 0 aromatic heterocycles. The van der Waals surface area contributed by atoms with Crippen molar-refractivity contribution >= 4 is 36.0 Å². The monoisotopic (exact) mass is 325 g/mol. The van der Waals surface area contributed by atoms with Crippen LogP contribution >= 0.6 is 19.7 Å². The quantitative estimate of drug-likeness (QED) is 0.621. The molecule has 0 spiro atoms. The lowest BCUT2D eigenvalue weighted by molar-refractivity contribution is 1.34. The molecule has 0 radical (unpaired) electrons. The van der Waals surface area contributed by atoms with Crippen molar-refractivity contribution in [2.45, 2.75) is 0 Å². The summed E-state index contributed by atoms with van der Waals surface area (Å²) >= 11 is 6.02. The smallest absolute Gasteiger partial charge is 0.0547 e. The molecular weight excluding hydrogens is 309 g/mol. The molecule has 0 amide bonds. The van der Waals surface area contributed by atoms with E-state index in [1.165, 1.54) is 16.3 Å². The summed E-state index contributed by atoms with van der Waals surface area (Å²) in [5, 5.41) is 3.43. The Hall–Kier alpha value is -1.82. The van der Waals surface area contributed by atoms with Crippen LogP contribution in [-0.2, 0) is 0 Å². The summed E-state index contributed by atoms with van der Waals surface area (Å²) in [5.74, 6) is 0. The molecule has 0 saturated heterocycles. The number of halogens is 1. The third-order valence-corrected chi connectivity index (χ3v) is 6.16. The van der Waals surface area contributed by atoms with E-state index < -0.39 is 8.07 Å². The molecule has 110 valence electrons. The normalized spacial score (nSPS) is 10.7. The standard InChI is InChI=1S/C19H17ClNP/c1-21(17-14-12-16(20)13-15-17)22(18-8-4-2-5-9-18)19-10-6-3-7-11-19/h2-15H,1H3. The molecule has 3 aromatic rings. The van der Waals surface area contributed by atoms with Gasteiger partial charge in [0.05, 0.1) is 8.07 Å². The lowest BCUT2D eigenvalue weighted by Crippen LogP contribution is -2.25. The van der Waals surface area contributed by atoms with Crippen LogP contribution in [0, 0.1) is 0 Å². The van der Waals surface area contributed by atoms with Gasteiger partial charge in [0.25, 0.3) is 0 Å². The SMILES string of the molecule is CN(c1ccc(Cl)cc1)P(c1ccccc1)c1ccccc1. The molecule has 0 aliphatic heterocycles. The molecule has 0 heterocycles. The maximum absolute atomic E-state index is 6.02. The Morgan fingerprint density at radius 2 is 1.14 bits per heavy atom. The molecule has 3 heteroatoms. The first kappa shape index (κ1) is 15.1. The van der Waals surface area contributed by atoms with Crippen LogP contribution in [0.3, 0.4) is 0 Å². The van der Waals surface area contributed by atoms with Crippen LogP contribution in [0.4, 0.5) is 5.69 Å². The van der Waals surface area contributed by atoms with Crippen LogP contribution in [-0.4, -0.2) is 7.05 Å². The van der Waals surface area contributed by atoms with Gasteiger partial charge in [0.1, 0.15) is 0 Å². The zero-order valence-corrected chi connectivity index (χ0v) is 14.0. The van der Waals surface area contributed by atoms with Crippen LogP contribution < -0.4 is 15.3 Å². The van der Waals surface area contributed by atoms with Gasteiger partial charge in [-0.1, -0.05) is 72.3 Å². The number of benzene rings is 3. The van der Waals surface area contributed by atoms with Crippen LogP contribution in [0.15, 0.2) is 84.9 Å². The van der Waals surface area contributed by atoms with Gasteiger partial charge in [-0.05, 0) is 24.3 Å². The lowest BCUT2D eigenvalue weighted by atomic mass is 10.3. The summed E-state index contributed by atoms with van der Waals surface area (Å²) in [5.41, 5.74) is 1.17. The Morgan fingerprint density at radius 1 is 0.682 bits per heavy atom. The average molecular weight is 326 g/mol. The van der Waals surface area contributed by atoms with Crippen molar-refractivity contribution < 1.29 is 0 Å². The Labute approximate surface area is 138 Å². The van der Waals surface area contributed by atoms with E-state index in [1.54, 1.807) is 0 Å². The van der Waals surface area contributed by atoms with Crippen molar-refractivity contribution in [3.63, 3.8) is 0 Å². The molecule has 3 rings (SSSR count). The summed E-state index contributed by atoms with van der Waals surface area (Å²) in [6.07, 6.45) is 0. The van der Waals surface area contributed by atoms with Gasteiger partial charge in [-0.15, -0.1) is 0 Å². The molecule has 0 saturated carbocycles. The highest BCUT2D eigenvalue weighted by molar-refractivity contribution is 7.74. The fourth-order valence-electron chi connectivity index (χ4n) is 2.41. The predicted molar refractivity (Wildman–Crippen MR) is 98.9 cm³/mol. The summed E-state index contributed by atoms with van der Waals surface area (Å²) in [6.45, 7) is 0. The second kappa shape index (κ2) is 6.96. The minimum atomic E-state index is -0.608. The highest BCUT2D eigenvalue weighted by atomic mass is 35.5. The minimum absolute atomic E-state index is 0.608. The van der Waals surface area contributed by atoms with Crippen LogP contribution in [0.1, 0.15) is 0 Å². The third-order valence-electron chi connectivity index (χ3n) is 3.50. The van der Waals surface area contributed by atoms with E-state index in [4.69, 9.17) is 11.6 Å². The number of anilines is 1. The zero-order chi connectivity index (χ0) is 15.4. The molecule has 0 aliphatic rings. The molecule has 3 aromatic carbocycles. The van der Waals surface area contributed by atoms with Gasteiger partial charge in [-0.25, -0.2) is 0 Å². The predicted octanol–water partition coefficient (Wildman–Crippen LogP) is 4.82. The Morgan fingerprint density at radius 3 is 1.59 bits per heavy atom. The van der Waals surface area contributed by atoms with Gasteiger partial charge in [0.15, 0.2) is 0 Å². The van der Waals surface area contributed by atoms with Crippen LogP contribution in [0.2, 0.25) is 5.02 Å². The van der Waals surface area contributed by atoms with Crippen molar-refractivity contribution in [3.05, 3.63) is 90.0 Å². The topological polar surface area (TPSA) is 3.24 Å². The van der Waals surface area contributed by atoms with Gasteiger partial charge < -0.3 is 4.67 Å². The molecule has 0 bridgehead atoms. The minimum Gasteiger partial charge on any atom is -0.346 e. The summed E-state index contributed by atoms with van der Waals surface area (Å²) in [7, 11) is 1.54. The van der Waals surface area contributed by atoms with Crippen LogP contribution in [0.5, 0.6) is 0 Å². The van der Waals surface area contributed by atoms with E-state index in [0.29, 0.717) is 0 Å². The number of nitrogens with zero attached hydrogens (tertiary/aromatic N) is 1. The second-order valence-electron chi connectivity index (χ2n) is 4.98. The first-order valence-electron chi connectivity index (χ1n) is 7.15. The maximum Gasteiger partial charge on any atom is 0.0547 e. The average Bonchev–Trinajstić information content (AvgIpc) is 2.57. The fraction of sp³-hybridized carbons (Fsp3) is 0.0526. The van der Waals surface area contributed by atoms with E-state index >= 15 is 0 Å². The molecule has 22 heavy (non-hydrogen) atoms. The molecule has 0 atom stereocenters. The van der Waals surface area contributed by atoms with Crippen LogP contribution in [0.25, 0.3) is 0 Å². The maximum atomic E-state index is 6.02. The second-order valence-corrected chi connectivity index (χ2v) is 7.68. The first-order valence-corrected chi connectivity index (χ1v) is 8.82. The number of hydrogen-bond donors (Lipinski definition) is 0. The van der Waals surface area contributed by atoms with Crippen molar-refractivity contribution in [3.8, 4) is 0 Å². The Bertz CT molecular complexity index is 674. The van der Waals surface area contributed by atoms with Gasteiger partial charge >= 0.3 is 0 Å². The first-order chi connectivity index (χ1) is 10.8. The van der Waals surface area contributed by atoms with E-state index in [0.717, 1.165) is 5.02 Å². The molecule has 1 nitrogen and oxygen atoms in total. The van der Waals surface area contributed by atoms with E-state index in [2.05, 4.69) is 84.5 Å². The molecule has 0 N–H and O–H groups in total. The zero-order valence-electron chi connectivity index (χ0n) is 12.4.